The minimum atomic E-state index is -1.36. The van der Waals surface area contributed by atoms with E-state index in [9.17, 15) is 14.7 Å². The summed E-state index contributed by atoms with van der Waals surface area (Å²) < 4.78 is 9.38. The van der Waals surface area contributed by atoms with Gasteiger partial charge in [-0.25, -0.2) is 9.59 Å². The van der Waals surface area contributed by atoms with Crippen LogP contribution < -0.4 is 0 Å². The Morgan fingerprint density at radius 3 is 1.89 bits per heavy atom. The normalized spacial score (nSPS) is 11.1. The largest absolute Gasteiger partial charge is 0.478 e. The van der Waals surface area contributed by atoms with Crippen molar-refractivity contribution < 1.29 is 29.0 Å². The minimum absolute atomic E-state index is 0.0430. The molecule has 90 valence electrons. The molecule has 0 saturated heterocycles. The van der Waals surface area contributed by atoms with Gasteiger partial charge in [0, 0.05) is 10.8 Å². The maximum Gasteiger partial charge on any atom is 0.340 e. The Bertz CT molecular complexity index is 791. The molecule has 2 N–H and O–H groups in total. The van der Waals surface area contributed by atoms with Crippen molar-refractivity contribution in [1.82, 2.24) is 0 Å². The van der Waals surface area contributed by atoms with Gasteiger partial charge in [0.1, 0.15) is 5.56 Å². The topological polar surface area (TPSA) is 101 Å². The van der Waals surface area contributed by atoms with Crippen LogP contribution in [0.4, 0.5) is 0 Å². The van der Waals surface area contributed by atoms with E-state index in [1.165, 1.54) is 6.07 Å². The van der Waals surface area contributed by atoms with Gasteiger partial charge >= 0.3 is 11.9 Å². The summed E-state index contributed by atoms with van der Waals surface area (Å²) in [7, 11) is 0. The predicted molar refractivity (Wildman–Crippen MR) is 59.9 cm³/mol. The van der Waals surface area contributed by atoms with Crippen LogP contribution in [0.5, 0.6) is 0 Å². The molecule has 0 unspecified atom stereocenters. The lowest BCUT2D eigenvalue weighted by molar-refractivity contribution is 0.0537. The molecule has 6 heteroatoms. The summed E-state index contributed by atoms with van der Waals surface area (Å²) in [4.78, 5) is 22.4. The fourth-order valence-electron chi connectivity index (χ4n) is 2.02. The third-order valence-electron chi connectivity index (χ3n) is 2.76. The number of carboxylic acid groups (broad SMARTS) is 2. The molecule has 18 heavy (non-hydrogen) atoms. The highest BCUT2D eigenvalue weighted by molar-refractivity contribution is 6.21. The smallest absolute Gasteiger partial charge is 0.340 e. The number of hydrogen-bond acceptors (Lipinski definition) is 4. The molecule has 0 radical (unpaired) electrons. The molecule has 3 rings (SSSR count). The molecule has 0 aliphatic carbocycles. The summed E-state index contributed by atoms with van der Waals surface area (Å²) in [5.74, 6) is -2.68. The molecule has 6 nitrogen and oxygen atoms in total. The number of rotatable bonds is 2. The maximum atomic E-state index is 11.3. The van der Waals surface area contributed by atoms with Gasteiger partial charge in [0.2, 0.25) is 11.2 Å². The molecule has 0 bridgehead atoms. The van der Waals surface area contributed by atoms with E-state index in [0.29, 0.717) is 10.8 Å². The SMILES string of the molecule is O=C(O)c1c(C(=O)O)c2ooc2c2ccccc12. The second-order valence-corrected chi connectivity index (χ2v) is 3.73. The zero-order valence-corrected chi connectivity index (χ0v) is 8.84. The third-order valence-corrected chi connectivity index (χ3v) is 2.76. The zero-order chi connectivity index (χ0) is 12.9. The van der Waals surface area contributed by atoms with Crippen LogP contribution in [0.3, 0.4) is 0 Å². The Hall–Kier alpha value is -2.76. The molecule has 1 heterocycles. The molecular weight excluding hydrogens is 240 g/mol. The minimum Gasteiger partial charge on any atom is -0.478 e. The molecule has 0 spiro atoms. The van der Waals surface area contributed by atoms with E-state index < -0.39 is 11.9 Å². The monoisotopic (exact) mass is 246 g/mol. The van der Waals surface area contributed by atoms with Gasteiger partial charge in [-0.2, -0.15) is 0 Å². The van der Waals surface area contributed by atoms with E-state index >= 15 is 0 Å². The van der Waals surface area contributed by atoms with Crippen molar-refractivity contribution in [1.29, 1.82) is 0 Å². The van der Waals surface area contributed by atoms with Crippen molar-refractivity contribution in [3.63, 3.8) is 0 Å². The van der Waals surface area contributed by atoms with Crippen LogP contribution in [-0.4, -0.2) is 22.2 Å². The van der Waals surface area contributed by atoms with E-state index in [1.54, 1.807) is 18.2 Å². The van der Waals surface area contributed by atoms with E-state index in [0.717, 1.165) is 0 Å². The molecule has 2 aromatic carbocycles. The first-order valence-electron chi connectivity index (χ1n) is 5.01. The van der Waals surface area contributed by atoms with Crippen molar-refractivity contribution in [2.24, 2.45) is 0 Å². The maximum absolute atomic E-state index is 11.3. The lowest BCUT2D eigenvalue weighted by Gasteiger charge is -2.10. The van der Waals surface area contributed by atoms with Gasteiger partial charge in [0.15, 0.2) is 0 Å². The van der Waals surface area contributed by atoms with Crippen molar-refractivity contribution in [2.75, 3.05) is 0 Å². The standard InChI is InChI=1S/C12H6O6/c13-11(14)7-5-3-1-2-4-6(5)9-10(18-17-9)8(7)12(15)16/h1-4H,(H,13,14)(H,15,16). The number of hydrogen-bond donors (Lipinski definition) is 2. The van der Waals surface area contributed by atoms with Crippen molar-refractivity contribution in [3.05, 3.63) is 35.4 Å². The fraction of sp³-hybridized carbons (Fsp3) is 0. The van der Waals surface area contributed by atoms with Gasteiger partial charge in [-0.05, 0) is 0 Å². The number of carboxylic acids is 2. The van der Waals surface area contributed by atoms with Gasteiger partial charge in [0.05, 0.1) is 5.56 Å². The third kappa shape index (κ3) is 1.17. The predicted octanol–water partition coefficient (Wildman–Crippen LogP) is 2.58. The quantitative estimate of drug-likeness (QED) is 0.674. The second kappa shape index (κ2) is 3.36. The molecule has 0 atom stereocenters. The second-order valence-electron chi connectivity index (χ2n) is 3.73. The molecular formula is C12H6O6. The summed E-state index contributed by atoms with van der Waals surface area (Å²) in [5.41, 5.74) is -0.464. The van der Waals surface area contributed by atoms with E-state index in [1.807, 2.05) is 0 Å². The Morgan fingerprint density at radius 1 is 0.833 bits per heavy atom. The first-order chi connectivity index (χ1) is 8.61. The summed E-state index contributed by atoms with van der Waals surface area (Å²) >= 11 is 0. The number of carbonyl (C=O) groups is 2. The van der Waals surface area contributed by atoms with Crippen LogP contribution in [0.15, 0.2) is 33.4 Å². The Balaban J connectivity index is 2.61. The number of benzene rings is 2. The molecule has 0 amide bonds. The average Bonchev–Trinajstić information content (AvgIpc) is 2.27. The van der Waals surface area contributed by atoms with Gasteiger partial charge in [0.25, 0.3) is 0 Å². The van der Waals surface area contributed by atoms with Crippen LogP contribution in [-0.2, 0) is 0 Å². The zero-order valence-electron chi connectivity index (χ0n) is 8.84. The Labute approximate surface area is 98.9 Å². The highest BCUT2D eigenvalue weighted by atomic mass is 17.0. The number of aromatic carboxylic acids is 2. The van der Waals surface area contributed by atoms with Gasteiger partial charge in [-0.1, -0.05) is 24.3 Å². The first kappa shape index (κ1) is 10.4. The van der Waals surface area contributed by atoms with Crippen LogP contribution in [0.25, 0.3) is 21.9 Å². The molecule has 0 aliphatic heterocycles. The molecule has 0 aliphatic rings. The highest BCUT2D eigenvalue weighted by Crippen LogP contribution is 2.35. The fourth-order valence-corrected chi connectivity index (χ4v) is 2.02. The van der Waals surface area contributed by atoms with E-state index in [-0.39, 0.29) is 22.3 Å². The van der Waals surface area contributed by atoms with Crippen molar-refractivity contribution >= 4 is 33.9 Å². The molecule has 0 saturated carbocycles. The van der Waals surface area contributed by atoms with Crippen LogP contribution in [0.1, 0.15) is 20.7 Å². The summed E-state index contributed by atoms with van der Waals surface area (Å²) in [5, 5.41) is 19.1. The first-order valence-corrected chi connectivity index (χ1v) is 5.01. The van der Waals surface area contributed by atoms with E-state index in [2.05, 4.69) is 4.58 Å². The molecule has 1 aromatic heterocycles. The van der Waals surface area contributed by atoms with Crippen LogP contribution >= 0.6 is 0 Å². The Kier molecular flexibility index (Phi) is 1.94. The van der Waals surface area contributed by atoms with Gasteiger partial charge < -0.3 is 10.2 Å². The lowest BCUT2D eigenvalue weighted by Crippen LogP contribution is -2.10. The van der Waals surface area contributed by atoms with Crippen LogP contribution in [0.2, 0.25) is 0 Å². The lowest BCUT2D eigenvalue weighted by atomic mass is 9.97. The van der Waals surface area contributed by atoms with E-state index in [4.69, 9.17) is 9.68 Å². The van der Waals surface area contributed by atoms with Gasteiger partial charge in [-0.15, -0.1) is 0 Å². The summed E-state index contributed by atoms with van der Waals surface area (Å²) in [6.07, 6.45) is 0. The van der Waals surface area contributed by atoms with Crippen LogP contribution in [0, 0.1) is 0 Å². The summed E-state index contributed by atoms with van der Waals surface area (Å²) in [6, 6.07) is 6.52. The van der Waals surface area contributed by atoms with Crippen molar-refractivity contribution in [3.8, 4) is 0 Å². The molecule has 0 fully saturated rings. The number of fused-ring (bicyclic) bond motifs is 3. The average molecular weight is 246 g/mol. The van der Waals surface area contributed by atoms with Gasteiger partial charge in [-0.3, -0.25) is 9.15 Å². The Morgan fingerprint density at radius 2 is 1.39 bits per heavy atom. The van der Waals surface area contributed by atoms with Crippen molar-refractivity contribution in [2.45, 2.75) is 0 Å². The summed E-state index contributed by atoms with van der Waals surface area (Å²) in [6.45, 7) is 0. The highest BCUT2D eigenvalue weighted by Gasteiger charge is 2.29. The molecule has 3 aromatic rings.